The fourth-order valence-electron chi connectivity index (χ4n) is 1.59. The highest BCUT2D eigenvalue weighted by Gasteiger charge is 2.14. The molecule has 0 radical (unpaired) electrons. The molecule has 0 fully saturated rings. The molecule has 2 aliphatic rings. The lowest BCUT2D eigenvalue weighted by Gasteiger charge is -2.06. The van der Waals surface area contributed by atoms with Crippen molar-refractivity contribution in [1.82, 2.24) is 4.98 Å². The molecule has 1 heterocycles. The first kappa shape index (κ1) is 9.54. The smallest absolute Gasteiger partial charge is 0.196 e. The van der Waals surface area contributed by atoms with E-state index in [9.17, 15) is 4.79 Å². The van der Waals surface area contributed by atoms with Gasteiger partial charge in [-0.25, -0.2) is 4.98 Å². The van der Waals surface area contributed by atoms with Crippen LogP contribution in [-0.2, 0) is 0 Å². The van der Waals surface area contributed by atoms with Gasteiger partial charge in [-0.3, -0.25) is 4.79 Å². The predicted octanol–water partition coefficient (Wildman–Crippen LogP) is 3.06. The van der Waals surface area contributed by atoms with E-state index in [2.05, 4.69) is 20.9 Å². The van der Waals surface area contributed by atoms with Gasteiger partial charge in [0.25, 0.3) is 0 Å². The van der Waals surface area contributed by atoms with Crippen LogP contribution < -0.4 is 5.43 Å². The predicted molar refractivity (Wildman–Crippen MR) is 64.6 cm³/mol. The van der Waals surface area contributed by atoms with E-state index in [1.165, 1.54) is 6.07 Å². The molecule has 0 saturated heterocycles. The van der Waals surface area contributed by atoms with Crippen LogP contribution in [0.3, 0.4) is 0 Å². The van der Waals surface area contributed by atoms with Crippen LogP contribution in [0.15, 0.2) is 50.1 Å². The van der Waals surface area contributed by atoms with Gasteiger partial charge in [-0.15, -0.1) is 0 Å². The minimum Gasteiger partial charge on any atom is -0.451 e. The van der Waals surface area contributed by atoms with E-state index in [4.69, 9.17) is 4.42 Å². The minimum atomic E-state index is -0.103. The summed E-state index contributed by atoms with van der Waals surface area (Å²) >= 11 is 3.22. The fourth-order valence-corrected chi connectivity index (χ4v) is 2.00. The Kier molecular flexibility index (Phi) is 2.04. The Labute approximate surface area is 99.2 Å². The van der Waals surface area contributed by atoms with Crippen LogP contribution in [-0.4, -0.2) is 4.98 Å². The lowest BCUT2D eigenvalue weighted by Crippen LogP contribution is -2.03. The molecule has 4 heteroatoms. The van der Waals surface area contributed by atoms with Crippen molar-refractivity contribution in [2.75, 3.05) is 0 Å². The fraction of sp³-hybridized carbons (Fsp3) is 0. The number of benzene rings is 2. The van der Waals surface area contributed by atoms with E-state index in [0.717, 1.165) is 5.52 Å². The Bertz CT molecular complexity index is 705. The molecular weight excluding hydrogens is 270 g/mol. The van der Waals surface area contributed by atoms with E-state index in [1.807, 2.05) is 24.3 Å². The molecule has 0 atom stereocenters. The monoisotopic (exact) mass is 275 g/mol. The first-order valence-electron chi connectivity index (χ1n) is 4.74. The lowest BCUT2D eigenvalue weighted by molar-refractivity contribution is 0.609. The summed E-state index contributed by atoms with van der Waals surface area (Å²) in [6.07, 6.45) is 0. The van der Waals surface area contributed by atoms with Gasteiger partial charge in [-0.05, 0) is 40.2 Å². The molecule has 78 valence electrons. The summed E-state index contributed by atoms with van der Waals surface area (Å²) in [5, 5.41) is 0. The van der Waals surface area contributed by atoms with Crippen molar-refractivity contribution in [3.05, 3.63) is 51.1 Å². The molecule has 1 aliphatic heterocycles. The first-order valence-corrected chi connectivity index (χ1v) is 5.53. The summed E-state index contributed by atoms with van der Waals surface area (Å²) in [5.74, 6) is 0.492. The summed E-state index contributed by atoms with van der Waals surface area (Å²) in [7, 11) is 0. The molecule has 1 aromatic rings. The van der Waals surface area contributed by atoms with Crippen LogP contribution in [0.4, 0.5) is 0 Å². The topological polar surface area (TPSA) is 43.1 Å². The van der Waals surface area contributed by atoms with Gasteiger partial charge in [0.05, 0.1) is 0 Å². The number of fused-ring (bicyclic) bond motifs is 2. The lowest BCUT2D eigenvalue weighted by atomic mass is 10.2. The van der Waals surface area contributed by atoms with Crippen LogP contribution in [0.25, 0.3) is 22.6 Å². The third-order valence-electron chi connectivity index (χ3n) is 2.36. The quantitative estimate of drug-likeness (QED) is 0.593. The second kappa shape index (κ2) is 3.42. The molecule has 0 bridgehead atoms. The van der Waals surface area contributed by atoms with Crippen molar-refractivity contribution in [2.45, 2.75) is 0 Å². The van der Waals surface area contributed by atoms with Crippen LogP contribution in [0.5, 0.6) is 0 Å². The molecule has 3 nitrogen and oxygen atoms in total. The van der Waals surface area contributed by atoms with Crippen LogP contribution in [0, 0.1) is 0 Å². The highest BCUT2D eigenvalue weighted by atomic mass is 79.9. The zero-order valence-electron chi connectivity index (χ0n) is 8.11. The first-order chi connectivity index (χ1) is 7.75. The Morgan fingerprint density at radius 2 is 1.94 bits per heavy atom. The average Bonchev–Trinajstić information content (AvgIpc) is 2.32. The van der Waals surface area contributed by atoms with Crippen LogP contribution in [0.2, 0.25) is 0 Å². The van der Waals surface area contributed by atoms with E-state index in [0.29, 0.717) is 21.5 Å². The second-order valence-electron chi connectivity index (χ2n) is 3.41. The van der Waals surface area contributed by atoms with Crippen molar-refractivity contribution in [3.8, 4) is 11.5 Å². The van der Waals surface area contributed by atoms with Gasteiger partial charge in [0.2, 0.25) is 0 Å². The van der Waals surface area contributed by atoms with E-state index in [-0.39, 0.29) is 5.43 Å². The molecule has 0 spiro atoms. The van der Waals surface area contributed by atoms with Crippen molar-refractivity contribution in [1.29, 1.82) is 0 Å². The standard InChI is InChI=1S/C12H6BrNO2/c13-11-9(15)6-5-8-12(11)16-10-4-2-1-3-7(10)14-8/h1-6H. The van der Waals surface area contributed by atoms with Gasteiger partial charge >= 0.3 is 0 Å². The molecule has 16 heavy (non-hydrogen) atoms. The molecular formula is C12H6BrNO2. The SMILES string of the molecule is O=c1ccc2nc3ccccc3oc-2c1Br. The van der Waals surface area contributed by atoms with E-state index < -0.39 is 0 Å². The molecule has 0 amide bonds. The number of halogens is 1. The van der Waals surface area contributed by atoms with Gasteiger partial charge in [0, 0.05) is 0 Å². The summed E-state index contributed by atoms with van der Waals surface area (Å²) in [6.45, 7) is 0. The number of hydrogen-bond acceptors (Lipinski definition) is 3. The summed E-state index contributed by atoms with van der Waals surface area (Å²) in [5.41, 5.74) is 2.01. The number of nitrogens with zero attached hydrogens (tertiary/aromatic N) is 1. The highest BCUT2D eigenvalue weighted by molar-refractivity contribution is 9.10. The van der Waals surface area contributed by atoms with E-state index >= 15 is 0 Å². The maximum Gasteiger partial charge on any atom is 0.196 e. The largest absolute Gasteiger partial charge is 0.451 e. The Hall–Kier alpha value is -1.68. The van der Waals surface area contributed by atoms with Gasteiger partial charge < -0.3 is 4.42 Å². The van der Waals surface area contributed by atoms with E-state index in [1.54, 1.807) is 6.07 Å². The number of aromatic nitrogens is 1. The van der Waals surface area contributed by atoms with Crippen molar-refractivity contribution >= 4 is 27.0 Å². The van der Waals surface area contributed by atoms with Crippen LogP contribution in [0.1, 0.15) is 0 Å². The van der Waals surface area contributed by atoms with Gasteiger partial charge in [0.15, 0.2) is 16.8 Å². The van der Waals surface area contributed by atoms with Crippen molar-refractivity contribution in [2.24, 2.45) is 0 Å². The summed E-state index contributed by atoms with van der Waals surface area (Å²) in [6, 6.07) is 10.6. The Balaban J connectivity index is 2.52. The molecule has 1 aromatic carbocycles. The average molecular weight is 276 g/mol. The molecule has 0 unspecified atom stereocenters. The highest BCUT2D eigenvalue weighted by Crippen LogP contribution is 2.28. The van der Waals surface area contributed by atoms with Gasteiger partial charge in [0.1, 0.15) is 15.7 Å². The van der Waals surface area contributed by atoms with Crippen molar-refractivity contribution < 1.29 is 4.42 Å². The van der Waals surface area contributed by atoms with Gasteiger partial charge in [-0.2, -0.15) is 0 Å². The molecule has 0 aromatic heterocycles. The molecule has 3 rings (SSSR count). The molecule has 0 saturated carbocycles. The number of rotatable bonds is 0. The number of para-hydroxylation sites is 2. The minimum absolute atomic E-state index is 0.103. The zero-order valence-corrected chi connectivity index (χ0v) is 9.69. The third-order valence-corrected chi connectivity index (χ3v) is 3.11. The molecule has 1 aliphatic carbocycles. The summed E-state index contributed by atoms with van der Waals surface area (Å²) in [4.78, 5) is 15.9. The van der Waals surface area contributed by atoms with Gasteiger partial charge in [-0.1, -0.05) is 12.1 Å². The Morgan fingerprint density at radius 1 is 1.12 bits per heavy atom. The zero-order chi connectivity index (χ0) is 11.1. The molecule has 0 N–H and O–H groups in total. The van der Waals surface area contributed by atoms with Crippen LogP contribution >= 0.6 is 15.9 Å². The number of hydrogen-bond donors (Lipinski definition) is 0. The van der Waals surface area contributed by atoms with Crippen molar-refractivity contribution in [3.63, 3.8) is 0 Å². The third kappa shape index (κ3) is 1.34. The second-order valence-corrected chi connectivity index (χ2v) is 4.20. The normalized spacial score (nSPS) is 11.1. The maximum absolute atomic E-state index is 11.4. The Morgan fingerprint density at radius 3 is 2.81 bits per heavy atom. The maximum atomic E-state index is 11.4. The summed E-state index contributed by atoms with van der Waals surface area (Å²) < 4.78 is 6.07.